The number of nitrogens with zero attached hydrogens (tertiary/aromatic N) is 1. The summed E-state index contributed by atoms with van der Waals surface area (Å²) >= 11 is 0. The van der Waals surface area contributed by atoms with Gasteiger partial charge in [-0.15, -0.1) is 0 Å². The molecule has 1 atom stereocenters. The predicted octanol–water partition coefficient (Wildman–Crippen LogP) is 3.68. The topological polar surface area (TPSA) is 38.1 Å². The Labute approximate surface area is 109 Å². The molecule has 4 rings (SSSR count). The SMILES string of the molecule is Fc1ccc2oc(C3Cc4ccccc4N3)nc2c1. The molecule has 0 fully saturated rings. The summed E-state index contributed by atoms with van der Waals surface area (Å²) < 4.78 is 18.8. The van der Waals surface area contributed by atoms with Gasteiger partial charge in [0, 0.05) is 18.2 Å². The van der Waals surface area contributed by atoms with Crippen molar-refractivity contribution in [2.75, 3.05) is 5.32 Å². The molecule has 4 heteroatoms. The smallest absolute Gasteiger partial charge is 0.218 e. The van der Waals surface area contributed by atoms with Crippen molar-refractivity contribution in [3.8, 4) is 0 Å². The minimum Gasteiger partial charge on any atom is -0.438 e. The first kappa shape index (κ1) is 10.6. The number of hydrogen-bond donors (Lipinski definition) is 1. The van der Waals surface area contributed by atoms with Crippen LogP contribution in [0.2, 0.25) is 0 Å². The molecular weight excluding hydrogens is 243 g/mol. The second kappa shape index (κ2) is 3.82. The molecule has 0 spiro atoms. The number of oxazole rings is 1. The van der Waals surface area contributed by atoms with Gasteiger partial charge >= 0.3 is 0 Å². The van der Waals surface area contributed by atoms with Crippen molar-refractivity contribution in [1.82, 2.24) is 4.98 Å². The number of fused-ring (bicyclic) bond motifs is 2. The third-order valence-electron chi connectivity index (χ3n) is 3.44. The second-order valence-electron chi connectivity index (χ2n) is 4.72. The van der Waals surface area contributed by atoms with Gasteiger partial charge in [0.2, 0.25) is 5.89 Å². The van der Waals surface area contributed by atoms with Crippen molar-refractivity contribution in [2.45, 2.75) is 12.5 Å². The summed E-state index contributed by atoms with van der Waals surface area (Å²) in [6.07, 6.45) is 0.839. The molecular formula is C15H11FN2O. The van der Waals surface area contributed by atoms with Crippen LogP contribution in [-0.2, 0) is 6.42 Å². The van der Waals surface area contributed by atoms with Gasteiger partial charge in [0.15, 0.2) is 5.58 Å². The van der Waals surface area contributed by atoms with Crippen LogP contribution >= 0.6 is 0 Å². The summed E-state index contributed by atoms with van der Waals surface area (Å²) in [5.41, 5.74) is 3.55. The summed E-state index contributed by atoms with van der Waals surface area (Å²) in [5, 5.41) is 3.38. The molecule has 1 aliphatic heterocycles. The number of aromatic nitrogens is 1. The van der Waals surface area contributed by atoms with E-state index in [1.165, 1.54) is 17.7 Å². The van der Waals surface area contributed by atoms with E-state index in [9.17, 15) is 4.39 Å². The summed E-state index contributed by atoms with van der Waals surface area (Å²) in [6, 6.07) is 12.6. The highest BCUT2D eigenvalue weighted by atomic mass is 19.1. The number of anilines is 1. The largest absolute Gasteiger partial charge is 0.438 e. The van der Waals surface area contributed by atoms with Gasteiger partial charge < -0.3 is 9.73 Å². The fourth-order valence-electron chi connectivity index (χ4n) is 2.51. The van der Waals surface area contributed by atoms with Crippen molar-refractivity contribution in [3.63, 3.8) is 0 Å². The maximum Gasteiger partial charge on any atom is 0.218 e. The highest BCUT2D eigenvalue weighted by Crippen LogP contribution is 2.34. The zero-order chi connectivity index (χ0) is 12.8. The van der Waals surface area contributed by atoms with Crippen molar-refractivity contribution in [2.24, 2.45) is 0 Å². The summed E-state index contributed by atoms with van der Waals surface area (Å²) in [4.78, 5) is 4.37. The first-order chi connectivity index (χ1) is 9.29. The van der Waals surface area contributed by atoms with Crippen LogP contribution in [0, 0.1) is 5.82 Å². The average Bonchev–Trinajstić information content (AvgIpc) is 3.00. The van der Waals surface area contributed by atoms with Crippen LogP contribution in [0.15, 0.2) is 46.9 Å². The molecule has 94 valence electrons. The summed E-state index contributed by atoms with van der Waals surface area (Å²) in [5.74, 6) is 0.312. The van der Waals surface area contributed by atoms with Crippen molar-refractivity contribution >= 4 is 16.8 Å². The van der Waals surface area contributed by atoms with Crippen LogP contribution in [0.25, 0.3) is 11.1 Å². The van der Waals surface area contributed by atoms with Gasteiger partial charge in [-0.1, -0.05) is 18.2 Å². The molecule has 3 aromatic rings. The van der Waals surface area contributed by atoms with Crippen LogP contribution < -0.4 is 5.32 Å². The van der Waals surface area contributed by atoms with Crippen LogP contribution in [-0.4, -0.2) is 4.98 Å². The van der Waals surface area contributed by atoms with Gasteiger partial charge in [-0.3, -0.25) is 0 Å². The van der Waals surface area contributed by atoms with Gasteiger partial charge in [-0.2, -0.15) is 0 Å². The monoisotopic (exact) mass is 254 g/mol. The number of rotatable bonds is 1. The molecule has 0 aliphatic carbocycles. The van der Waals surface area contributed by atoms with Crippen molar-refractivity contribution < 1.29 is 8.81 Å². The van der Waals surface area contributed by atoms with E-state index in [4.69, 9.17) is 4.42 Å². The Kier molecular flexibility index (Phi) is 2.12. The second-order valence-corrected chi connectivity index (χ2v) is 4.72. The van der Waals surface area contributed by atoms with E-state index >= 15 is 0 Å². The average molecular weight is 254 g/mol. The van der Waals surface area contributed by atoms with E-state index in [2.05, 4.69) is 16.4 Å². The molecule has 3 nitrogen and oxygen atoms in total. The molecule has 1 unspecified atom stereocenters. The fourth-order valence-corrected chi connectivity index (χ4v) is 2.51. The molecule has 2 aromatic carbocycles. The van der Waals surface area contributed by atoms with Crippen LogP contribution in [0.3, 0.4) is 0 Å². The number of halogens is 1. The highest BCUT2D eigenvalue weighted by Gasteiger charge is 2.25. The van der Waals surface area contributed by atoms with E-state index in [1.54, 1.807) is 6.07 Å². The molecule has 0 bridgehead atoms. The third-order valence-corrected chi connectivity index (χ3v) is 3.44. The van der Waals surface area contributed by atoms with E-state index in [1.807, 2.05) is 18.2 Å². The number of hydrogen-bond acceptors (Lipinski definition) is 3. The van der Waals surface area contributed by atoms with E-state index in [0.29, 0.717) is 17.0 Å². The Morgan fingerprint density at radius 3 is 3.00 bits per heavy atom. The first-order valence-electron chi connectivity index (χ1n) is 6.20. The first-order valence-corrected chi connectivity index (χ1v) is 6.20. The molecule has 0 saturated heterocycles. The molecule has 0 radical (unpaired) electrons. The van der Waals surface area contributed by atoms with Gasteiger partial charge in [-0.25, -0.2) is 9.37 Å². The van der Waals surface area contributed by atoms with E-state index in [-0.39, 0.29) is 11.9 Å². The van der Waals surface area contributed by atoms with Gasteiger partial charge in [0.05, 0.1) is 0 Å². The van der Waals surface area contributed by atoms with E-state index < -0.39 is 0 Å². The highest BCUT2D eigenvalue weighted by molar-refractivity contribution is 5.72. The Morgan fingerprint density at radius 1 is 1.21 bits per heavy atom. The van der Waals surface area contributed by atoms with Crippen LogP contribution in [0.1, 0.15) is 17.5 Å². The quantitative estimate of drug-likeness (QED) is 0.720. The molecule has 1 aromatic heterocycles. The Hall–Kier alpha value is -2.36. The molecule has 19 heavy (non-hydrogen) atoms. The third kappa shape index (κ3) is 1.68. The normalized spacial score (nSPS) is 17.4. The minimum absolute atomic E-state index is 0.0212. The van der Waals surface area contributed by atoms with Crippen molar-refractivity contribution in [3.05, 3.63) is 59.7 Å². The van der Waals surface area contributed by atoms with Gasteiger partial charge in [-0.05, 0) is 23.8 Å². The number of para-hydroxylation sites is 1. The molecule has 2 heterocycles. The fraction of sp³-hybridized carbons (Fsp3) is 0.133. The standard InChI is InChI=1S/C15H11FN2O/c16-10-5-6-14-12(8-10)18-15(19-14)13-7-9-3-1-2-4-11(9)17-13/h1-6,8,13,17H,7H2. The van der Waals surface area contributed by atoms with Crippen LogP contribution in [0.4, 0.5) is 10.1 Å². The zero-order valence-corrected chi connectivity index (χ0v) is 10.1. The molecule has 1 aliphatic rings. The predicted molar refractivity (Wildman–Crippen MR) is 70.5 cm³/mol. The Balaban J connectivity index is 1.73. The maximum atomic E-state index is 13.1. The maximum absolute atomic E-state index is 13.1. The summed E-state index contributed by atoms with van der Waals surface area (Å²) in [6.45, 7) is 0. The van der Waals surface area contributed by atoms with Gasteiger partial charge in [0.25, 0.3) is 0 Å². The van der Waals surface area contributed by atoms with Crippen molar-refractivity contribution in [1.29, 1.82) is 0 Å². The molecule has 0 saturated carbocycles. The lowest BCUT2D eigenvalue weighted by Gasteiger charge is -2.05. The lowest BCUT2D eigenvalue weighted by Crippen LogP contribution is -2.05. The molecule has 0 amide bonds. The van der Waals surface area contributed by atoms with E-state index in [0.717, 1.165) is 12.1 Å². The Morgan fingerprint density at radius 2 is 2.11 bits per heavy atom. The lowest BCUT2D eigenvalue weighted by atomic mass is 10.1. The lowest BCUT2D eigenvalue weighted by molar-refractivity contribution is 0.497. The minimum atomic E-state index is -0.296. The Bertz CT molecular complexity index is 741. The summed E-state index contributed by atoms with van der Waals surface area (Å²) in [7, 11) is 0. The molecule has 1 N–H and O–H groups in total. The van der Waals surface area contributed by atoms with Crippen LogP contribution in [0.5, 0.6) is 0 Å². The zero-order valence-electron chi connectivity index (χ0n) is 10.1. The van der Waals surface area contributed by atoms with Gasteiger partial charge in [0.1, 0.15) is 17.4 Å². The number of benzene rings is 2. The number of nitrogens with one attached hydrogen (secondary N) is 1.